The number of rotatable bonds is 6. The molecule has 28 heavy (non-hydrogen) atoms. The van der Waals surface area contributed by atoms with Gasteiger partial charge in [-0.15, -0.1) is 0 Å². The number of methoxy groups -OCH3 is 2. The van der Waals surface area contributed by atoms with Crippen LogP contribution >= 0.6 is 15.9 Å². The van der Waals surface area contributed by atoms with Crippen molar-refractivity contribution in [1.82, 2.24) is 5.43 Å². The Hall–Kier alpha value is -2.86. The molecule has 0 radical (unpaired) electrons. The molecule has 6 heteroatoms. The summed E-state index contributed by atoms with van der Waals surface area (Å²) < 4.78 is 11.6. The average Bonchev–Trinajstić information content (AvgIpc) is 2.73. The van der Waals surface area contributed by atoms with Crippen LogP contribution in [0.5, 0.6) is 11.5 Å². The lowest BCUT2D eigenvalue weighted by atomic mass is 10.0. The second-order valence-electron chi connectivity index (χ2n) is 6.23. The molecule has 1 N–H and O–H groups in total. The predicted octanol–water partition coefficient (Wildman–Crippen LogP) is 4.70. The van der Waals surface area contributed by atoms with Crippen LogP contribution in [-0.2, 0) is 11.2 Å². The molecule has 0 aromatic heterocycles. The van der Waals surface area contributed by atoms with Gasteiger partial charge in [0, 0.05) is 10.0 Å². The lowest BCUT2D eigenvalue weighted by molar-refractivity contribution is -0.120. The van der Waals surface area contributed by atoms with Crippen molar-refractivity contribution in [2.24, 2.45) is 5.10 Å². The maximum Gasteiger partial charge on any atom is 0.244 e. The number of fused-ring (bicyclic) bond motifs is 1. The normalized spacial score (nSPS) is 11.4. The number of hydrogen-bond acceptors (Lipinski definition) is 4. The van der Waals surface area contributed by atoms with Gasteiger partial charge in [-0.3, -0.25) is 4.79 Å². The second-order valence-corrected chi connectivity index (χ2v) is 7.09. The molecule has 0 spiro atoms. The molecule has 0 heterocycles. The van der Waals surface area contributed by atoms with E-state index in [0.717, 1.165) is 26.4 Å². The molecule has 0 aliphatic heterocycles. The van der Waals surface area contributed by atoms with Crippen LogP contribution in [-0.4, -0.2) is 25.8 Å². The number of halogens is 1. The third-order valence-electron chi connectivity index (χ3n) is 4.46. The molecule has 0 saturated heterocycles. The molecule has 3 aromatic rings. The Morgan fingerprint density at radius 1 is 1.00 bits per heavy atom. The van der Waals surface area contributed by atoms with Gasteiger partial charge in [-0.1, -0.05) is 46.3 Å². The SMILES string of the molecule is COc1ccc(/C(C)=N/NC(=O)Cc2ccc(Br)c3ccccc23)cc1OC. The fourth-order valence-corrected chi connectivity index (χ4v) is 3.44. The summed E-state index contributed by atoms with van der Waals surface area (Å²) in [6.45, 7) is 1.83. The van der Waals surface area contributed by atoms with Gasteiger partial charge in [0.15, 0.2) is 11.5 Å². The molecular formula is C22H21BrN2O3. The van der Waals surface area contributed by atoms with Crippen molar-refractivity contribution >= 4 is 38.3 Å². The van der Waals surface area contributed by atoms with Crippen LogP contribution in [0.2, 0.25) is 0 Å². The minimum absolute atomic E-state index is 0.174. The summed E-state index contributed by atoms with van der Waals surface area (Å²) in [4.78, 5) is 12.4. The second kappa shape index (κ2) is 8.89. The van der Waals surface area contributed by atoms with E-state index in [1.807, 2.05) is 61.5 Å². The van der Waals surface area contributed by atoms with Crippen LogP contribution in [0.15, 0.2) is 64.2 Å². The topological polar surface area (TPSA) is 59.9 Å². The van der Waals surface area contributed by atoms with Gasteiger partial charge in [0.25, 0.3) is 0 Å². The first-order chi connectivity index (χ1) is 13.5. The zero-order chi connectivity index (χ0) is 20.1. The summed E-state index contributed by atoms with van der Waals surface area (Å²) in [5.41, 5.74) is 5.11. The molecule has 1 amide bonds. The first-order valence-corrected chi connectivity index (χ1v) is 9.54. The third-order valence-corrected chi connectivity index (χ3v) is 5.15. The van der Waals surface area contributed by atoms with Crippen LogP contribution in [0.1, 0.15) is 18.1 Å². The molecule has 5 nitrogen and oxygen atoms in total. The Bertz CT molecular complexity index is 1050. The van der Waals surface area contributed by atoms with E-state index in [9.17, 15) is 4.79 Å². The fourth-order valence-electron chi connectivity index (χ4n) is 2.96. The number of hydrogen-bond donors (Lipinski definition) is 1. The fraction of sp³-hybridized carbons (Fsp3) is 0.182. The zero-order valence-corrected chi connectivity index (χ0v) is 17.5. The van der Waals surface area contributed by atoms with Crippen LogP contribution in [0, 0.1) is 0 Å². The summed E-state index contributed by atoms with van der Waals surface area (Å²) in [6, 6.07) is 17.4. The van der Waals surface area contributed by atoms with Crippen LogP contribution < -0.4 is 14.9 Å². The molecule has 0 saturated carbocycles. The van der Waals surface area contributed by atoms with Gasteiger partial charge < -0.3 is 9.47 Å². The first-order valence-electron chi connectivity index (χ1n) is 8.75. The zero-order valence-electron chi connectivity index (χ0n) is 16.0. The quantitative estimate of drug-likeness (QED) is 0.446. The first kappa shape index (κ1) is 19.9. The molecule has 3 aromatic carbocycles. The highest BCUT2D eigenvalue weighted by molar-refractivity contribution is 9.10. The number of hydrazone groups is 1. The van der Waals surface area contributed by atoms with Crippen molar-refractivity contribution in [3.8, 4) is 11.5 Å². The summed E-state index contributed by atoms with van der Waals surface area (Å²) in [6.07, 6.45) is 0.247. The third kappa shape index (κ3) is 4.34. The lowest BCUT2D eigenvalue weighted by Gasteiger charge is -2.10. The number of ether oxygens (including phenoxy) is 2. The van der Waals surface area contributed by atoms with Crippen LogP contribution in [0.3, 0.4) is 0 Å². The molecule has 0 fully saturated rings. The number of carbonyl (C=O) groups excluding carboxylic acids is 1. The van der Waals surface area contributed by atoms with Gasteiger partial charge in [-0.2, -0.15) is 5.10 Å². The summed E-state index contributed by atoms with van der Waals surface area (Å²) >= 11 is 3.55. The molecule has 0 unspecified atom stereocenters. The Labute approximate surface area is 172 Å². The molecule has 0 atom stereocenters. The van der Waals surface area contributed by atoms with E-state index in [1.54, 1.807) is 14.2 Å². The van der Waals surface area contributed by atoms with E-state index in [-0.39, 0.29) is 12.3 Å². The van der Waals surface area contributed by atoms with Gasteiger partial charge in [-0.25, -0.2) is 5.43 Å². The standard InChI is InChI=1S/C22H21BrN2O3/c1-14(15-9-11-20(27-2)21(12-15)28-3)24-25-22(26)13-16-8-10-19(23)18-7-5-4-6-17(16)18/h4-12H,13H2,1-3H3,(H,25,26)/b24-14+. The van der Waals surface area contributed by atoms with Crippen LogP contribution in [0.25, 0.3) is 10.8 Å². The van der Waals surface area contributed by atoms with Gasteiger partial charge >= 0.3 is 0 Å². The van der Waals surface area contributed by atoms with Crippen molar-refractivity contribution in [2.45, 2.75) is 13.3 Å². The largest absolute Gasteiger partial charge is 0.493 e. The number of nitrogens with zero attached hydrogens (tertiary/aromatic N) is 1. The maximum absolute atomic E-state index is 12.4. The number of amides is 1. The van der Waals surface area contributed by atoms with Crippen molar-refractivity contribution < 1.29 is 14.3 Å². The number of carbonyl (C=O) groups is 1. The minimum Gasteiger partial charge on any atom is -0.493 e. The summed E-state index contributed by atoms with van der Waals surface area (Å²) in [7, 11) is 3.17. The summed E-state index contributed by atoms with van der Waals surface area (Å²) in [5, 5.41) is 6.36. The average molecular weight is 441 g/mol. The van der Waals surface area contributed by atoms with E-state index in [1.165, 1.54) is 0 Å². The monoisotopic (exact) mass is 440 g/mol. The Morgan fingerprint density at radius 2 is 1.71 bits per heavy atom. The smallest absolute Gasteiger partial charge is 0.244 e. The minimum atomic E-state index is -0.174. The predicted molar refractivity (Wildman–Crippen MR) is 115 cm³/mol. The number of benzene rings is 3. The molecule has 144 valence electrons. The van der Waals surface area contributed by atoms with Gasteiger partial charge in [-0.05, 0) is 47.5 Å². The van der Waals surface area contributed by atoms with Gasteiger partial charge in [0.05, 0.1) is 26.4 Å². The Balaban J connectivity index is 1.74. The highest BCUT2D eigenvalue weighted by atomic mass is 79.9. The Morgan fingerprint density at radius 3 is 2.43 bits per heavy atom. The van der Waals surface area contributed by atoms with Gasteiger partial charge in [0.2, 0.25) is 5.91 Å². The molecule has 0 aliphatic carbocycles. The molecular weight excluding hydrogens is 420 g/mol. The van der Waals surface area contributed by atoms with E-state index in [0.29, 0.717) is 17.2 Å². The van der Waals surface area contributed by atoms with E-state index in [4.69, 9.17) is 9.47 Å². The van der Waals surface area contributed by atoms with E-state index < -0.39 is 0 Å². The van der Waals surface area contributed by atoms with Crippen molar-refractivity contribution in [3.63, 3.8) is 0 Å². The van der Waals surface area contributed by atoms with Crippen molar-refractivity contribution in [2.75, 3.05) is 14.2 Å². The van der Waals surface area contributed by atoms with Gasteiger partial charge in [0.1, 0.15) is 0 Å². The van der Waals surface area contributed by atoms with E-state index in [2.05, 4.69) is 26.5 Å². The molecule has 0 bridgehead atoms. The Kier molecular flexibility index (Phi) is 6.31. The highest BCUT2D eigenvalue weighted by Crippen LogP contribution is 2.28. The molecule has 3 rings (SSSR count). The van der Waals surface area contributed by atoms with Crippen molar-refractivity contribution in [3.05, 3.63) is 70.2 Å². The van der Waals surface area contributed by atoms with Crippen molar-refractivity contribution in [1.29, 1.82) is 0 Å². The number of nitrogens with one attached hydrogen (secondary N) is 1. The lowest BCUT2D eigenvalue weighted by Crippen LogP contribution is -2.21. The summed E-state index contributed by atoms with van der Waals surface area (Å²) in [5.74, 6) is 1.08. The molecule has 0 aliphatic rings. The van der Waals surface area contributed by atoms with E-state index >= 15 is 0 Å². The highest BCUT2D eigenvalue weighted by Gasteiger charge is 2.10. The maximum atomic E-state index is 12.4. The van der Waals surface area contributed by atoms with Crippen LogP contribution in [0.4, 0.5) is 0 Å².